The van der Waals surface area contributed by atoms with Crippen LogP contribution in [0.5, 0.6) is 0 Å². The second-order valence-electron chi connectivity index (χ2n) is 4.43. The van der Waals surface area contributed by atoms with Crippen LogP contribution >= 0.6 is 0 Å². The largest absolute Gasteiger partial charge is 0.396 e. The SMILES string of the molecule is CCCn1c(N)c(NC(CC)CCO)c(=O)[nH]c1=O. The van der Waals surface area contributed by atoms with E-state index in [4.69, 9.17) is 10.8 Å². The zero-order chi connectivity index (χ0) is 14.4. The molecule has 108 valence electrons. The van der Waals surface area contributed by atoms with Crippen molar-refractivity contribution >= 4 is 11.5 Å². The molecule has 1 unspecified atom stereocenters. The summed E-state index contributed by atoms with van der Waals surface area (Å²) in [7, 11) is 0. The van der Waals surface area contributed by atoms with Crippen molar-refractivity contribution < 1.29 is 5.11 Å². The molecule has 0 spiro atoms. The van der Waals surface area contributed by atoms with E-state index in [0.717, 1.165) is 12.8 Å². The summed E-state index contributed by atoms with van der Waals surface area (Å²) < 4.78 is 1.34. The van der Waals surface area contributed by atoms with Gasteiger partial charge >= 0.3 is 5.69 Å². The van der Waals surface area contributed by atoms with Gasteiger partial charge in [0.25, 0.3) is 5.56 Å². The number of nitrogens with zero attached hydrogens (tertiary/aromatic N) is 1. The molecule has 7 nitrogen and oxygen atoms in total. The lowest BCUT2D eigenvalue weighted by Gasteiger charge is -2.19. The minimum atomic E-state index is -0.522. The molecule has 0 saturated heterocycles. The third-order valence-electron chi connectivity index (χ3n) is 3.01. The van der Waals surface area contributed by atoms with Gasteiger partial charge in [-0.25, -0.2) is 4.79 Å². The molecule has 0 radical (unpaired) electrons. The Bertz CT molecular complexity index is 521. The van der Waals surface area contributed by atoms with Crippen LogP contribution in [0.1, 0.15) is 33.1 Å². The maximum absolute atomic E-state index is 11.8. The number of H-pyrrole nitrogens is 1. The molecule has 1 aromatic heterocycles. The molecule has 0 aliphatic rings. The number of aromatic nitrogens is 2. The fourth-order valence-corrected chi connectivity index (χ4v) is 1.91. The molecule has 1 heterocycles. The number of aromatic amines is 1. The van der Waals surface area contributed by atoms with Gasteiger partial charge in [-0.15, -0.1) is 0 Å². The monoisotopic (exact) mass is 270 g/mol. The third kappa shape index (κ3) is 3.60. The van der Waals surface area contributed by atoms with E-state index in [1.807, 2.05) is 13.8 Å². The van der Waals surface area contributed by atoms with Crippen molar-refractivity contribution in [3.63, 3.8) is 0 Å². The summed E-state index contributed by atoms with van der Waals surface area (Å²) in [5.74, 6) is 0.145. The highest BCUT2D eigenvalue weighted by Crippen LogP contribution is 2.14. The van der Waals surface area contributed by atoms with Crippen LogP contribution in [-0.2, 0) is 6.54 Å². The Hall–Kier alpha value is -1.76. The maximum Gasteiger partial charge on any atom is 0.330 e. The smallest absolute Gasteiger partial charge is 0.330 e. The second kappa shape index (κ2) is 6.98. The predicted molar refractivity (Wildman–Crippen MR) is 75.4 cm³/mol. The fraction of sp³-hybridized carbons (Fsp3) is 0.667. The quantitative estimate of drug-likeness (QED) is 0.561. The van der Waals surface area contributed by atoms with E-state index in [1.54, 1.807) is 0 Å². The molecule has 5 N–H and O–H groups in total. The van der Waals surface area contributed by atoms with Gasteiger partial charge in [0.05, 0.1) is 0 Å². The fourth-order valence-electron chi connectivity index (χ4n) is 1.91. The summed E-state index contributed by atoms with van der Waals surface area (Å²) in [4.78, 5) is 25.7. The van der Waals surface area contributed by atoms with Crippen molar-refractivity contribution in [1.29, 1.82) is 0 Å². The topological polar surface area (TPSA) is 113 Å². The Morgan fingerprint density at radius 2 is 2.11 bits per heavy atom. The van der Waals surface area contributed by atoms with Crippen molar-refractivity contribution in [1.82, 2.24) is 9.55 Å². The molecule has 0 bridgehead atoms. The summed E-state index contributed by atoms with van der Waals surface area (Å²) in [6, 6.07) is -0.0546. The highest BCUT2D eigenvalue weighted by Gasteiger charge is 2.15. The van der Waals surface area contributed by atoms with Crippen molar-refractivity contribution in [3.05, 3.63) is 20.8 Å². The first-order valence-electron chi connectivity index (χ1n) is 6.55. The van der Waals surface area contributed by atoms with E-state index in [2.05, 4.69) is 10.3 Å². The van der Waals surface area contributed by atoms with Gasteiger partial charge in [0, 0.05) is 19.2 Å². The van der Waals surface area contributed by atoms with E-state index >= 15 is 0 Å². The van der Waals surface area contributed by atoms with Crippen LogP contribution in [0.4, 0.5) is 11.5 Å². The lowest BCUT2D eigenvalue weighted by Crippen LogP contribution is -2.36. The Balaban J connectivity index is 3.16. The molecule has 7 heteroatoms. The average Bonchev–Trinajstić information content (AvgIpc) is 2.38. The van der Waals surface area contributed by atoms with Gasteiger partial charge < -0.3 is 16.2 Å². The molecule has 1 rings (SSSR count). The lowest BCUT2D eigenvalue weighted by atomic mass is 10.1. The molecule has 1 atom stereocenters. The van der Waals surface area contributed by atoms with Crippen LogP contribution in [0.2, 0.25) is 0 Å². The lowest BCUT2D eigenvalue weighted by molar-refractivity contribution is 0.278. The summed E-state index contributed by atoms with van der Waals surface area (Å²) in [5.41, 5.74) is 5.07. The number of aliphatic hydroxyl groups is 1. The van der Waals surface area contributed by atoms with E-state index in [-0.39, 0.29) is 24.2 Å². The first-order valence-corrected chi connectivity index (χ1v) is 6.55. The molecular formula is C12H22N4O3. The molecule has 0 aliphatic carbocycles. The molecule has 0 amide bonds. The number of nitrogen functional groups attached to an aromatic ring is 1. The third-order valence-corrected chi connectivity index (χ3v) is 3.01. The van der Waals surface area contributed by atoms with E-state index in [0.29, 0.717) is 13.0 Å². The first-order chi connectivity index (χ1) is 9.04. The van der Waals surface area contributed by atoms with Crippen LogP contribution in [0, 0.1) is 0 Å². The van der Waals surface area contributed by atoms with E-state index in [1.165, 1.54) is 4.57 Å². The number of aliphatic hydroxyl groups excluding tert-OH is 1. The Morgan fingerprint density at radius 3 is 2.63 bits per heavy atom. The maximum atomic E-state index is 11.8. The van der Waals surface area contributed by atoms with Crippen LogP contribution in [0.3, 0.4) is 0 Å². The van der Waals surface area contributed by atoms with Crippen LogP contribution in [0.15, 0.2) is 9.59 Å². The zero-order valence-electron chi connectivity index (χ0n) is 11.4. The first kappa shape index (κ1) is 15.3. The van der Waals surface area contributed by atoms with Crippen molar-refractivity contribution in [3.8, 4) is 0 Å². The normalized spacial score (nSPS) is 12.4. The number of nitrogens with two attached hydrogens (primary N) is 1. The second-order valence-corrected chi connectivity index (χ2v) is 4.43. The van der Waals surface area contributed by atoms with Gasteiger partial charge in [-0.2, -0.15) is 0 Å². The minimum Gasteiger partial charge on any atom is -0.396 e. The molecule has 19 heavy (non-hydrogen) atoms. The highest BCUT2D eigenvalue weighted by atomic mass is 16.3. The summed E-state index contributed by atoms with van der Waals surface area (Å²) >= 11 is 0. The van der Waals surface area contributed by atoms with Crippen LogP contribution < -0.4 is 22.3 Å². The van der Waals surface area contributed by atoms with E-state index in [9.17, 15) is 9.59 Å². The van der Waals surface area contributed by atoms with Crippen molar-refractivity contribution in [2.24, 2.45) is 0 Å². The molecule has 0 fully saturated rings. The number of hydrogen-bond acceptors (Lipinski definition) is 5. The van der Waals surface area contributed by atoms with Crippen LogP contribution in [0.25, 0.3) is 0 Å². The minimum absolute atomic E-state index is 0.0257. The Kier molecular flexibility index (Phi) is 5.62. The highest BCUT2D eigenvalue weighted by molar-refractivity contribution is 5.60. The van der Waals surface area contributed by atoms with Gasteiger partial charge in [-0.1, -0.05) is 13.8 Å². The van der Waals surface area contributed by atoms with E-state index < -0.39 is 11.2 Å². The van der Waals surface area contributed by atoms with Gasteiger partial charge in [-0.05, 0) is 19.3 Å². The summed E-state index contributed by atoms with van der Waals surface area (Å²) in [6.45, 7) is 4.34. The van der Waals surface area contributed by atoms with Crippen molar-refractivity contribution in [2.75, 3.05) is 17.7 Å². The molecule has 0 aliphatic heterocycles. The molecule has 1 aromatic rings. The standard InChI is InChI=1S/C12H22N4O3/c1-3-6-16-10(13)9(11(18)15-12(16)19)14-8(4-2)5-7-17/h8,14,17H,3-7,13H2,1-2H3,(H,15,18,19). The number of rotatable bonds is 7. The number of nitrogens with one attached hydrogen (secondary N) is 2. The molecular weight excluding hydrogens is 248 g/mol. The number of hydrogen-bond donors (Lipinski definition) is 4. The predicted octanol–water partition coefficient (Wildman–Crippen LogP) is 0.102. The Labute approximate surface area is 111 Å². The van der Waals surface area contributed by atoms with Crippen LogP contribution in [-0.4, -0.2) is 27.3 Å². The summed E-state index contributed by atoms with van der Waals surface area (Å²) in [6.07, 6.45) is 2.00. The average molecular weight is 270 g/mol. The summed E-state index contributed by atoms with van der Waals surface area (Å²) in [5, 5.41) is 12.0. The van der Waals surface area contributed by atoms with Gasteiger partial charge in [0.15, 0.2) is 0 Å². The molecule has 0 aromatic carbocycles. The number of anilines is 2. The molecule has 0 saturated carbocycles. The van der Waals surface area contributed by atoms with Gasteiger partial charge in [0.2, 0.25) is 0 Å². The zero-order valence-corrected chi connectivity index (χ0v) is 11.4. The van der Waals surface area contributed by atoms with Crippen molar-refractivity contribution in [2.45, 2.75) is 45.7 Å². The van der Waals surface area contributed by atoms with Gasteiger partial charge in [-0.3, -0.25) is 14.3 Å². The van der Waals surface area contributed by atoms with Gasteiger partial charge in [0.1, 0.15) is 11.5 Å². The Morgan fingerprint density at radius 1 is 1.42 bits per heavy atom.